The number of nitrogens with zero attached hydrogens (tertiary/aromatic N) is 2. The maximum Gasteiger partial charge on any atom is 0.242 e. The molecule has 0 aliphatic carbocycles. The van der Waals surface area contributed by atoms with Crippen LogP contribution in [0, 0.1) is 5.82 Å². The number of pyridine rings is 2. The molecular weight excluding hydrogens is 429 g/mol. The number of carbonyl (C=O) groups excluding carboxylic acids is 1. The topological polar surface area (TPSA) is 96.7 Å². The number of aromatic amines is 1. The molecule has 2 aromatic carbocycles. The van der Waals surface area contributed by atoms with E-state index in [4.69, 9.17) is 5.73 Å². The highest BCUT2D eigenvalue weighted by molar-refractivity contribution is 6.03. The van der Waals surface area contributed by atoms with Crippen LogP contribution in [0.1, 0.15) is 5.56 Å². The molecule has 1 atom stereocenters. The van der Waals surface area contributed by atoms with Crippen LogP contribution in [0.2, 0.25) is 0 Å². The highest BCUT2D eigenvalue weighted by atomic mass is 19.1. The number of anilines is 1. The van der Waals surface area contributed by atoms with Crippen molar-refractivity contribution in [3.8, 4) is 22.4 Å². The first kappa shape index (κ1) is 21.5. The number of hydrogen-bond acceptors (Lipinski definition) is 4. The maximum atomic E-state index is 13.5. The second-order valence-corrected chi connectivity index (χ2v) is 8.00. The van der Waals surface area contributed by atoms with E-state index in [1.54, 1.807) is 30.6 Å². The van der Waals surface area contributed by atoms with Crippen molar-refractivity contribution in [3.05, 3.63) is 103 Å². The lowest BCUT2D eigenvalue weighted by Crippen LogP contribution is -2.37. The quantitative estimate of drug-likeness (QED) is 0.341. The molecule has 0 aliphatic heterocycles. The Hall–Kier alpha value is -4.36. The van der Waals surface area contributed by atoms with Gasteiger partial charge in [-0.25, -0.2) is 9.37 Å². The van der Waals surface area contributed by atoms with Crippen molar-refractivity contribution >= 4 is 22.8 Å². The van der Waals surface area contributed by atoms with E-state index in [0.29, 0.717) is 17.9 Å². The van der Waals surface area contributed by atoms with Crippen molar-refractivity contribution in [2.75, 3.05) is 5.32 Å². The molecule has 0 spiro atoms. The van der Waals surface area contributed by atoms with Crippen LogP contribution in [0.25, 0.3) is 33.4 Å². The smallest absolute Gasteiger partial charge is 0.242 e. The molecule has 168 valence electrons. The molecule has 1 amide bonds. The van der Waals surface area contributed by atoms with Gasteiger partial charge in [0, 0.05) is 23.3 Å². The number of nitrogens with two attached hydrogens (primary N) is 1. The predicted octanol–water partition coefficient (Wildman–Crippen LogP) is 4.94. The average molecular weight is 452 g/mol. The predicted molar refractivity (Wildman–Crippen MR) is 131 cm³/mol. The van der Waals surface area contributed by atoms with E-state index in [0.717, 1.165) is 33.3 Å². The lowest BCUT2D eigenvalue weighted by Gasteiger charge is -2.12. The summed E-state index contributed by atoms with van der Waals surface area (Å²) in [7, 11) is 0. The van der Waals surface area contributed by atoms with Gasteiger partial charge in [-0.15, -0.1) is 0 Å². The van der Waals surface area contributed by atoms with E-state index < -0.39 is 6.04 Å². The third-order valence-corrected chi connectivity index (χ3v) is 5.65. The zero-order valence-electron chi connectivity index (χ0n) is 18.2. The van der Waals surface area contributed by atoms with Crippen LogP contribution < -0.4 is 11.1 Å². The van der Waals surface area contributed by atoms with Crippen molar-refractivity contribution in [3.63, 3.8) is 0 Å². The Morgan fingerprint density at radius 3 is 2.41 bits per heavy atom. The monoisotopic (exact) mass is 451 g/mol. The standard InChI is InChI=1S/C27H22FN5O/c28-20-8-6-19(7-9-20)25-24(18-12-14-30-15-13-18)21-10-11-23(31-26(21)33-25)32-27(34)22(29)16-17-4-2-1-3-5-17/h1-15,22H,16,29H2,(H2,31,32,33,34). The van der Waals surface area contributed by atoms with Crippen LogP contribution in [0.5, 0.6) is 0 Å². The summed E-state index contributed by atoms with van der Waals surface area (Å²) in [6.07, 6.45) is 3.87. The van der Waals surface area contributed by atoms with Gasteiger partial charge in [0.05, 0.1) is 11.7 Å². The van der Waals surface area contributed by atoms with Gasteiger partial charge in [-0.1, -0.05) is 30.3 Å². The van der Waals surface area contributed by atoms with Crippen molar-refractivity contribution in [1.29, 1.82) is 0 Å². The molecule has 7 heteroatoms. The number of benzene rings is 2. The second-order valence-electron chi connectivity index (χ2n) is 8.00. The molecular formula is C27H22FN5O. The summed E-state index contributed by atoms with van der Waals surface area (Å²) in [4.78, 5) is 24.7. The normalized spacial score (nSPS) is 11.9. The molecule has 4 N–H and O–H groups in total. The summed E-state index contributed by atoms with van der Waals surface area (Å²) < 4.78 is 13.5. The summed E-state index contributed by atoms with van der Waals surface area (Å²) in [6, 6.07) is 22.7. The SMILES string of the molecule is NC(Cc1ccccc1)C(=O)Nc1ccc2c(-c3ccncc3)c(-c3ccc(F)cc3)[nH]c2n1. The molecule has 0 saturated carbocycles. The van der Waals surface area contributed by atoms with E-state index in [2.05, 4.69) is 20.3 Å². The Morgan fingerprint density at radius 2 is 1.68 bits per heavy atom. The van der Waals surface area contributed by atoms with Gasteiger partial charge in [-0.2, -0.15) is 0 Å². The summed E-state index contributed by atoms with van der Waals surface area (Å²) in [5.41, 5.74) is 11.2. The third-order valence-electron chi connectivity index (χ3n) is 5.65. The van der Waals surface area contributed by atoms with Crippen LogP contribution in [0.15, 0.2) is 91.3 Å². The first-order valence-electron chi connectivity index (χ1n) is 10.9. The molecule has 0 bridgehead atoms. The number of halogens is 1. The fraction of sp³-hybridized carbons (Fsp3) is 0.0741. The average Bonchev–Trinajstić information content (AvgIpc) is 3.24. The fourth-order valence-electron chi connectivity index (χ4n) is 3.97. The van der Waals surface area contributed by atoms with Gasteiger partial charge in [0.1, 0.15) is 17.3 Å². The first-order valence-corrected chi connectivity index (χ1v) is 10.9. The van der Waals surface area contributed by atoms with Crippen LogP contribution in [-0.2, 0) is 11.2 Å². The number of fused-ring (bicyclic) bond motifs is 1. The van der Waals surface area contributed by atoms with Crippen LogP contribution >= 0.6 is 0 Å². The molecule has 5 rings (SSSR count). The van der Waals surface area contributed by atoms with Crippen molar-refractivity contribution < 1.29 is 9.18 Å². The molecule has 6 nitrogen and oxygen atoms in total. The zero-order valence-corrected chi connectivity index (χ0v) is 18.2. The fourth-order valence-corrected chi connectivity index (χ4v) is 3.97. The lowest BCUT2D eigenvalue weighted by molar-refractivity contribution is -0.117. The minimum atomic E-state index is -0.703. The molecule has 34 heavy (non-hydrogen) atoms. The van der Waals surface area contributed by atoms with E-state index >= 15 is 0 Å². The van der Waals surface area contributed by atoms with Gasteiger partial charge in [-0.05, 0) is 71.6 Å². The number of H-pyrrole nitrogens is 1. The molecule has 0 fully saturated rings. The molecule has 0 aliphatic rings. The van der Waals surface area contributed by atoms with Gasteiger partial charge in [0.25, 0.3) is 0 Å². The Balaban J connectivity index is 1.48. The summed E-state index contributed by atoms with van der Waals surface area (Å²) >= 11 is 0. The molecule has 1 unspecified atom stereocenters. The van der Waals surface area contributed by atoms with Gasteiger partial charge >= 0.3 is 0 Å². The second kappa shape index (κ2) is 9.25. The molecule has 0 saturated heterocycles. The number of nitrogens with one attached hydrogen (secondary N) is 2. The van der Waals surface area contributed by atoms with Gasteiger partial charge in [-0.3, -0.25) is 9.78 Å². The maximum absolute atomic E-state index is 13.5. The van der Waals surface area contributed by atoms with Crippen molar-refractivity contribution in [2.45, 2.75) is 12.5 Å². The van der Waals surface area contributed by atoms with E-state index in [9.17, 15) is 9.18 Å². The molecule has 0 radical (unpaired) electrons. The number of amides is 1. The van der Waals surface area contributed by atoms with Crippen LogP contribution in [0.3, 0.4) is 0 Å². The van der Waals surface area contributed by atoms with Gasteiger partial charge in [0.15, 0.2) is 0 Å². The van der Waals surface area contributed by atoms with Crippen molar-refractivity contribution in [2.24, 2.45) is 5.73 Å². The van der Waals surface area contributed by atoms with E-state index in [1.807, 2.05) is 48.5 Å². The molecule has 5 aromatic rings. The van der Waals surface area contributed by atoms with E-state index in [1.165, 1.54) is 12.1 Å². The summed E-state index contributed by atoms with van der Waals surface area (Å²) in [5.74, 6) is -0.218. The summed E-state index contributed by atoms with van der Waals surface area (Å²) in [6.45, 7) is 0. The number of aromatic nitrogens is 3. The highest BCUT2D eigenvalue weighted by Crippen LogP contribution is 2.38. The van der Waals surface area contributed by atoms with Crippen molar-refractivity contribution in [1.82, 2.24) is 15.0 Å². The van der Waals surface area contributed by atoms with Crippen LogP contribution in [-0.4, -0.2) is 26.9 Å². The largest absolute Gasteiger partial charge is 0.339 e. The molecule has 3 heterocycles. The van der Waals surface area contributed by atoms with Gasteiger partial charge < -0.3 is 16.0 Å². The lowest BCUT2D eigenvalue weighted by atomic mass is 10.00. The highest BCUT2D eigenvalue weighted by Gasteiger charge is 2.18. The number of carbonyl (C=O) groups is 1. The number of hydrogen-bond donors (Lipinski definition) is 3. The Morgan fingerprint density at radius 1 is 0.941 bits per heavy atom. The third kappa shape index (κ3) is 4.42. The first-order chi connectivity index (χ1) is 16.6. The van der Waals surface area contributed by atoms with E-state index in [-0.39, 0.29) is 11.7 Å². The Bertz CT molecular complexity index is 1430. The molecule has 3 aromatic heterocycles. The Kier molecular flexibility index (Phi) is 5.84. The minimum absolute atomic E-state index is 0.305. The zero-order chi connectivity index (χ0) is 23.5. The van der Waals surface area contributed by atoms with Gasteiger partial charge in [0.2, 0.25) is 5.91 Å². The minimum Gasteiger partial charge on any atom is -0.339 e. The number of rotatable bonds is 6. The Labute approximate surface area is 195 Å². The summed E-state index contributed by atoms with van der Waals surface area (Å²) in [5, 5.41) is 3.69. The van der Waals surface area contributed by atoms with Crippen LogP contribution in [0.4, 0.5) is 10.2 Å².